The third-order valence-corrected chi connectivity index (χ3v) is 2.99. The Bertz CT molecular complexity index is 508. The summed E-state index contributed by atoms with van der Waals surface area (Å²) in [6, 6.07) is 12.4. The van der Waals surface area contributed by atoms with Crippen molar-refractivity contribution < 1.29 is 13.9 Å². The maximum Gasteiger partial charge on any atom is 0.126 e. The van der Waals surface area contributed by atoms with Gasteiger partial charge in [-0.1, -0.05) is 30.3 Å². The quantitative estimate of drug-likeness (QED) is 0.880. The molecule has 2 rings (SSSR count). The van der Waals surface area contributed by atoms with Gasteiger partial charge < -0.3 is 5.11 Å². The van der Waals surface area contributed by atoms with E-state index in [1.54, 1.807) is 30.3 Å². The Labute approximate surface area is 105 Å². The van der Waals surface area contributed by atoms with Gasteiger partial charge in [0.05, 0.1) is 6.61 Å². The molecule has 0 amide bonds. The second-order valence-corrected chi connectivity index (χ2v) is 4.23. The summed E-state index contributed by atoms with van der Waals surface area (Å²) in [5, 5.41) is 9.38. The van der Waals surface area contributed by atoms with Crippen molar-refractivity contribution in [2.75, 3.05) is 6.61 Å². The summed E-state index contributed by atoms with van der Waals surface area (Å²) >= 11 is 0. The summed E-state index contributed by atoms with van der Waals surface area (Å²) in [5.41, 5.74) is 1.36. The first kappa shape index (κ1) is 12.7. The number of hydrogen-bond acceptors (Lipinski definition) is 1. The van der Waals surface area contributed by atoms with E-state index in [1.807, 2.05) is 0 Å². The number of benzene rings is 2. The molecule has 3 heteroatoms. The molecule has 0 heterocycles. The topological polar surface area (TPSA) is 20.2 Å². The monoisotopic (exact) mass is 248 g/mol. The molecular weight excluding hydrogens is 234 g/mol. The van der Waals surface area contributed by atoms with E-state index >= 15 is 0 Å². The molecule has 0 saturated heterocycles. The Morgan fingerprint density at radius 1 is 0.944 bits per heavy atom. The maximum absolute atomic E-state index is 13.5. The SMILES string of the molecule is OCC(Cc1ccccc1F)c1ccc(F)cc1. The maximum atomic E-state index is 13.5. The van der Waals surface area contributed by atoms with Crippen molar-refractivity contribution in [1.29, 1.82) is 0 Å². The molecule has 2 aromatic carbocycles. The molecule has 0 aliphatic rings. The molecule has 0 saturated carbocycles. The summed E-state index contributed by atoms with van der Waals surface area (Å²) < 4.78 is 26.3. The Morgan fingerprint density at radius 3 is 2.22 bits per heavy atom. The van der Waals surface area contributed by atoms with E-state index in [0.29, 0.717) is 12.0 Å². The summed E-state index contributed by atoms with van der Waals surface area (Å²) in [6.45, 7) is -0.0973. The van der Waals surface area contributed by atoms with E-state index in [-0.39, 0.29) is 24.2 Å². The van der Waals surface area contributed by atoms with Gasteiger partial charge >= 0.3 is 0 Å². The van der Waals surface area contributed by atoms with E-state index in [1.165, 1.54) is 18.2 Å². The number of halogens is 2. The Kier molecular flexibility index (Phi) is 4.05. The van der Waals surface area contributed by atoms with Gasteiger partial charge in [-0.15, -0.1) is 0 Å². The molecule has 1 N–H and O–H groups in total. The lowest BCUT2D eigenvalue weighted by molar-refractivity contribution is 0.263. The first-order valence-electron chi connectivity index (χ1n) is 5.80. The lowest BCUT2D eigenvalue weighted by atomic mass is 9.92. The molecule has 1 nitrogen and oxygen atoms in total. The molecule has 0 bridgehead atoms. The molecular formula is C15H14F2O. The number of aliphatic hydroxyl groups is 1. The van der Waals surface area contributed by atoms with Gasteiger partial charge in [-0.05, 0) is 35.7 Å². The van der Waals surface area contributed by atoms with Crippen molar-refractivity contribution in [3.63, 3.8) is 0 Å². The second kappa shape index (κ2) is 5.74. The van der Waals surface area contributed by atoms with Crippen LogP contribution in [0.3, 0.4) is 0 Å². The van der Waals surface area contributed by atoms with Gasteiger partial charge in [0.1, 0.15) is 11.6 Å². The van der Waals surface area contributed by atoms with Crippen molar-refractivity contribution >= 4 is 0 Å². The molecule has 0 fully saturated rings. The van der Waals surface area contributed by atoms with E-state index in [2.05, 4.69) is 0 Å². The first-order valence-corrected chi connectivity index (χ1v) is 5.80. The third kappa shape index (κ3) is 2.93. The van der Waals surface area contributed by atoms with Crippen LogP contribution in [0.5, 0.6) is 0 Å². The van der Waals surface area contributed by atoms with Crippen LogP contribution in [0.4, 0.5) is 8.78 Å². The molecule has 2 aromatic rings. The number of hydrogen-bond donors (Lipinski definition) is 1. The van der Waals surface area contributed by atoms with E-state index in [4.69, 9.17) is 0 Å². The predicted octanol–water partition coefficient (Wildman–Crippen LogP) is 3.28. The van der Waals surface area contributed by atoms with Crippen LogP contribution >= 0.6 is 0 Å². The van der Waals surface area contributed by atoms with Crippen molar-refractivity contribution in [3.8, 4) is 0 Å². The molecule has 0 spiro atoms. The molecule has 1 atom stereocenters. The lowest BCUT2D eigenvalue weighted by Gasteiger charge is -2.15. The highest BCUT2D eigenvalue weighted by Crippen LogP contribution is 2.22. The molecule has 1 unspecified atom stereocenters. The minimum Gasteiger partial charge on any atom is -0.396 e. The zero-order valence-corrected chi connectivity index (χ0v) is 9.81. The van der Waals surface area contributed by atoms with Crippen LogP contribution in [0.25, 0.3) is 0 Å². The van der Waals surface area contributed by atoms with E-state index in [0.717, 1.165) is 5.56 Å². The normalized spacial score (nSPS) is 12.4. The Morgan fingerprint density at radius 2 is 1.61 bits per heavy atom. The fourth-order valence-corrected chi connectivity index (χ4v) is 1.95. The van der Waals surface area contributed by atoms with Crippen LogP contribution < -0.4 is 0 Å². The van der Waals surface area contributed by atoms with E-state index in [9.17, 15) is 13.9 Å². The number of rotatable bonds is 4. The summed E-state index contributed by atoms with van der Waals surface area (Å²) in [5.74, 6) is -0.818. The van der Waals surface area contributed by atoms with Crippen LogP contribution in [0.1, 0.15) is 17.0 Å². The fraction of sp³-hybridized carbons (Fsp3) is 0.200. The lowest BCUT2D eigenvalue weighted by Crippen LogP contribution is -2.09. The molecule has 0 aliphatic heterocycles. The third-order valence-electron chi connectivity index (χ3n) is 2.99. The van der Waals surface area contributed by atoms with Crippen molar-refractivity contribution in [2.24, 2.45) is 0 Å². The van der Waals surface area contributed by atoms with Crippen LogP contribution in [0, 0.1) is 11.6 Å². The second-order valence-electron chi connectivity index (χ2n) is 4.23. The van der Waals surface area contributed by atoms with E-state index < -0.39 is 0 Å². The smallest absolute Gasteiger partial charge is 0.126 e. The van der Waals surface area contributed by atoms with Crippen LogP contribution in [0.15, 0.2) is 48.5 Å². The van der Waals surface area contributed by atoms with Gasteiger partial charge in [-0.2, -0.15) is 0 Å². The Hall–Kier alpha value is -1.74. The van der Waals surface area contributed by atoms with Gasteiger partial charge in [0.2, 0.25) is 0 Å². The highest BCUT2D eigenvalue weighted by Gasteiger charge is 2.13. The summed E-state index contributed by atoms with van der Waals surface area (Å²) in [6.07, 6.45) is 0.398. The zero-order chi connectivity index (χ0) is 13.0. The van der Waals surface area contributed by atoms with Crippen LogP contribution in [-0.4, -0.2) is 11.7 Å². The molecule has 0 radical (unpaired) electrons. The molecule has 0 aromatic heterocycles. The number of aliphatic hydroxyl groups excluding tert-OH is 1. The molecule has 18 heavy (non-hydrogen) atoms. The van der Waals surface area contributed by atoms with Gasteiger partial charge in [0, 0.05) is 5.92 Å². The van der Waals surface area contributed by atoms with Crippen molar-refractivity contribution in [3.05, 3.63) is 71.3 Å². The van der Waals surface area contributed by atoms with Crippen LogP contribution in [0.2, 0.25) is 0 Å². The summed E-state index contributed by atoms with van der Waals surface area (Å²) in [7, 11) is 0. The minimum atomic E-state index is -0.318. The van der Waals surface area contributed by atoms with Gasteiger partial charge in [-0.25, -0.2) is 8.78 Å². The predicted molar refractivity (Wildman–Crippen MR) is 66.3 cm³/mol. The van der Waals surface area contributed by atoms with Gasteiger partial charge in [0.25, 0.3) is 0 Å². The average molecular weight is 248 g/mol. The molecule has 0 aliphatic carbocycles. The Balaban J connectivity index is 2.20. The standard InChI is InChI=1S/C15H14F2O/c16-14-7-5-11(6-8-14)13(10-18)9-12-3-1-2-4-15(12)17/h1-8,13,18H,9-10H2. The minimum absolute atomic E-state index is 0.0973. The van der Waals surface area contributed by atoms with Crippen molar-refractivity contribution in [1.82, 2.24) is 0 Å². The average Bonchev–Trinajstić information content (AvgIpc) is 2.39. The van der Waals surface area contributed by atoms with Gasteiger partial charge in [0.15, 0.2) is 0 Å². The highest BCUT2D eigenvalue weighted by atomic mass is 19.1. The fourth-order valence-electron chi connectivity index (χ4n) is 1.95. The zero-order valence-electron chi connectivity index (χ0n) is 9.81. The summed E-state index contributed by atoms with van der Waals surface area (Å²) in [4.78, 5) is 0. The largest absolute Gasteiger partial charge is 0.396 e. The van der Waals surface area contributed by atoms with Crippen LogP contribution in [-0.2, 0) is 6.42 Å². The highest BCUT2D eigenvalue weighted by molar-refractivity contribution is 5.25. The first-order chi connectivity index (χ1) is 8.70. The van der Waals surface area contributed by atoms with Gasteiger partial charge in [-0.3, -0.25) is 0 Å². The van der Waals surface area contributed by atoms with Crippen molar-refractivity contribution in [2.45, 2.75) is 12.3 Å². The molecule has 94 valence electrons.